The van der Waals surface area contributed by atoms with Crippen LogP contribution in [0.2, 0.25) is 0 Å². The van der Waals surface area contributed by atoms with Crippen molar-refractivity contribution in [3.8, 4) is 0 Å². The highest BCUT2D eigenvalue weighted by Gasteiger charge is 2.18. The first-order valence-electron chi connectivity index (χ1n) is 7.18. The van der Waals surface area contributed by atoms with Gasteiger partial charge in [-0.15, -0.1) is 0 Å². The van der Waals surface area contributed by atoms with Crippen LogP contribution in [0.4, 0.5) is 4.39 Å². The maximum Gasteiger partial charge on any atom is 0.146 e. The lowest BCUT2D eigenvalue weighted by Crippen LogP contribution is -2.25. The molecule has 0 amide bonds. The molecule has 2 nitrogen and oxygen atoms in total. The van der Waals surface area contributed by atoms with E-state index in [0.29, 0.717) is 5.69 Å². The molecule has 0 bridgehead atoms. The fraction of sp³-hybridized carbons (Fsp3) is 0.353. The van der Waals surface area contributed by atoms with E-state index in [0.717, 1.165) is 24.9 Å². The highest BCUT2D eigenvalue weighted by Crippen LogP contribution is 2.23. The monoisotopic (exact) mass is 272 g/mol. The van der Waals surface area contributed by atoms with Crippen molar-refractivity contribution in [1.29, 1.82) is 0 Å². The Morgan fingerprint density at radius 2 is 1.90 bits per heavy atom. The molecule has 2 rings (SSSR count). The first kappa shape index (κ1) is 14.7. The summed E-state index contributed by atoms with van der Waals surface area (Å²) < 4.78 is 14.0. The number of nitrogens with zero attached hydrogens (tertiary/aromatic N) is 1. The van der Waals surface area contributed by atoms with Gasteiger partial charge >= 0.3 is 0 Å². The molecule has 0 fully saturated rings. The van der Waals surface area contributed by atoms with Gasteiger partial charge in [-0.25, -0.2) is 4.39 Å². The third-order valence-corrected chi connectivity index (χ3v) is 3.38. The van der Waals surface area contributed by atoms with Crippen molar-refractivity contribution >= 4 is 0 Å². The largest absolute Gasteiger partial charge is 0.305 e. The normalized spacial score (nSPS) is 12.3. The fourth-order valence-electron chi connectivity index (χ4n) is 2.22. The standard InChI is InChI=1S/C17H21FN2/c1-3-11-19-16(17-15(18)6-5-12-20-17)14-9-7-13(4-2)8-10-14/h5-10,12,16,19H,3-4,11H2,1-2H3. The van der Waals surface area contributed by atoms with E-state index in [1.54, 1.807) is 12.3 Å². The van der Waals surface area contributed by atoms with Crippen molar-refractivity contribution in [2.24, 2.45) is 0 Å². The van der Waals surface area contributed by atoms with Gasteiger partial charge in [0.1, 0.15) is 5.82 Å². The molecule has 106 valence electrons. The van der Waals surface area contributed by atoms with Gasteiger partial charge in [-0.2, -0.15) is 0 Å². The number of pyridine rings is 1. The van der Waals surface area contributed by atoms with E-state index in [4.69, 9.17) is 0 Å². The van der Waals surface area contributed by atoms with Crippen molar-refractivity contribution < 1.29 is 4.39 Å². The molecule has 1 atom stereocenters. The molecule has 1 N–H and O–H groups in total. The zero-order valence-corrected chi connectivity index (χ0v) is 12.1. The van der Waals surface area contributed by atoms with Crippen LogP contribution >= 0.6 is 0 Å². The molecule has 1 aromatic heterocycles. The Labute approximate surface area is 120 Å². The summed E-state index contributed by atoms with van der Waals surface area (Å²) >= 11 is 0. The summed E-state index contributed by atoms with van der Waals surface area (Å²) in [5, 5.41) is 3.38. The number of benzene rings is 1. The number of hydrogen-bond donors (Lipinski definition) is 1. The number of aryl methyl sites for hydroxylation is 1. The molecule has 0 aliphatic heterocycles. The Balaban J connectivity index is 2.33. The molecule has 0 spiro atoms. The topological polar surface area (TPSA) is 24.9 Å². The first-order valence-corrected chi connectivity index (χ1v) is 7.18. The number of hydrogen-bond acceptors (Lipinski definition) is 2. The van der Waals surface area contributed by atoms with E-state index in [1.807, 2.05) is 0 Å². The Morgan fingerprint density at radius 1 is 1.15 bits per heavy atom. The van der Waals surface area contributed by atoms with Gasteiger partial charge in [0.05, 0.1) is 11.7 Å². The van der Waals surface area contributed by atoms with E-state index >= 15 is 0 Å². The SMILES string of the molecule is CCCNC(c1ccc(CC)cc1)c1ncccc1F. The van der Waals surface area contributed by atoms with E-state index in [2.05, 4.69) is 48.4 Å². The maximum atomic E-state index is 14.0. The molecule has 1 heterocycles. The quantitative estimate of drug-likeness (QED) is 0.863. The van der Waals surface area contributed by atoms with E-state index < -0.39 is 0 Å². The summed E-state index contributed by atoms with van der Waals surface area (Å²) in [5.41, 5.74) is 2.79. The van der Waals surface area contributed by atoms with Gasteiger partial charge in [0.2, 0.25) is 0 Å². The molecule has 2 aromatic rings. The lowest BCUT2D eigenvalue weighted by Gasteiger charge is -2.19. The molecule has 0 aliphatic carbocycles. The zero-order chi connectivity index (χ0) is 14.4. The van der Waals surface area contributed by atoms with Gasteiger partial charge in [0.25, 0.3) is 0 Å². The number of nitrogens with one attached hydrogen (secondary N) is 1. The van der Waals surface area contributed by atoms with Crippen molar-refractivity contribution in [2.45, 2.75) is 32.7 Å². The summed E-state index contributed by atoms with van der Waals surface area (Å²) in [4.78, 5) is 4.21. The van der Waals surface area contributed by atoms with Gasteiger partial charge in [-0.05, 0) is 42.6 Å². The number of halogens is 1. The number of aromatic nitrogens is 1. The minimum Gasteiger partial charge on any atom is -0.305 e. The molecular formula is C17H21FN2. The second-order valence-electron chi connectivity index (χ2n) is 4.85. The van der Waals surface area contributed by atoms with E-state index in [1.165, 1.54) is 11.6 Å². The minimum atomic E-state index is -0.263. The highest BCUT2D eigenvalue weighted by atomic mass is 19.1. The summed E-state index contributed by atoms with van der Waals surface area (Å²) in [5.74, 6) is -0.263. The Bertz CT molecular complexity index is 537. The van der Waals surface area contributed by atoms with Gasteiger partial charge in [0, 0.05) is 6.20 Å². The van der Waals surface area contributed by atoms with Crippen LogP contribution in [-0.4, -0.2) is 11.5 Å². The molecule has 3 heteroatoms. The first-order chi connectivity index (χ1) is 9.76. The second-order valence-corrected chi connectivity index (χ2v) is 4.85. The van der Waals surface area contributed by atoms with Crippen LogP contribution in [0.3, 0.4) is 0 Å². The van der Waals surface area contributed by atoms with Gasteiger partial charge in [0.15, 0.2) is 0 Å². The predicted octanol–water partition coefficient (Wildman–Crippen LogP) is 3.87. The average Bonchev–Trinajstić information content (AvgIpc) is 2.50. The molecule has 0 aliphatic rings. The minimum absolute atomic E-state index is 0.193. The maximum absolute atomic E-state index is 14.0. The van der Waals surface area contributed by atoms with Crippen LogP contribution in [0, 0.1) is 5.82 Å². The molecular weight excluding hydrogens is 251 g/mol. The zero-order valence-electron chi connectivity index (χ0n) is 12.1. The van der Waals surface area contributed by atoms with Crippen LogP contribution < -0.4 is 5.32 Å². The van der Waals surface area contributed by atoms with E-state index in [-0.39, 0.29) is 11.9 Å². The van der Waals surface area contributed by atoms with Crippen molar-refractivity contribution in [2.75, 3.05) is 6.54 Å². The molecule has 20 heavy (non-hydrogen) atoms. The highest BCUT2D eigenvalue weighted by molar-refractivity contribution is 5.31. The number of rotatable bonds is 6. The average molecular weight is 272 g/mol. The lowest BCUT2D eigenvalue weighted by atomic mass is 10.0. The smallest absolute Gasteiger partial charge is 0.146 e. The third-order valence-electron chi connectivity index (χ3n) is 3.38. The molecule has 1 aromatic carbocycles. The predicted molar refractivity (Wildman–Crippen MR) is 80.2 cm³/mol. The van der Waals surface area contributed by atoms with Crippen molar-refractivity contribution in [1.82, 2.24) is 10.3 Å². The van der Waals surface area contributed by atoms with Gasteiger partial charge in [-0.1, -0.05) is 38.1 Å². The summed E-state index contributed by atoms with van der Waals surface area (Å²) in [6.07, 6.45) is 3.64. The fourth-order valence-corrected chi connectivity index (χ4v) is 2.22. The van der Waals surface area contributed by atoms with Gasteiger partial charge in [-0.3, -0.25) is 4.98 Å². The molecule has 1 unspecified atom stereocenters. The molecule has 0 saturated carbocycles. The van der Waals surface area contributed by atoms with Crippen molar-refractivity contribution in [3.05, 3.63) is 65.2 Å². The summed E-state index contributed by atoms with van der Waals surface area (Å²) in [6, 6.07) is 11.2. The van der Waals surface area contributed by atoms with Crippen molar-refractivity contribution in [3.63, 3.8) is 0 Å². The van der Waals surface area contributed by atoms with Gasteiger partial charge < -0.3 is 5.32 Å². The lowest BCUT2D eigenvalue weighted by molar-refractivity contribution is 0.531. The van der Waals surface area contributed by atoms with Crippen LogP contribution in [0.25, 0.3) is 0 Å². The summed E-state index contributed by atoms with van der Waals surface area (Å²) in [6.45, 7) is 5.05. The van der Waals surface area contributed by atoms with Crippen LogP contribution in [0.1, 0.15) is 43.1 Å². The van der Waals surface area contributed by atoms with Crippen LogP contribution in [-0.2, 0) is 6.42 Å². The van der Waals surface area contributed by atoms with Crippen LogP contribution in [0.15, 0.2) is 42.6 Å². The molecule has 0 saturated heterocycles. The third kappa shape index (κ3) is 3.42. The Hall–Kier alpha value is -1.74. The Morgan fingerprint density at radius 3 is 2.50 bits per heavy atom. The Kier molecular flexibility index (Phi) is 5.24. The van der Waals surface area contributed by atoms with E-state index in [9.17, 15) is 4.39 Å². The summed E-state index contributed by atoms with van der Waals surface area (Å²) in [7, 11) is 0. The molecule has 0 radical (unpaired) electrons. The second kappa shape index (κ2) is 7.15. The van der Waals surface area contributed by atoms with Crippen LogP contribution in [0.5, 0.6) is 0 Å².